The van der Waals surface area contributed by atoms with E-state index in [0.717, 1.165) is 31.3 Å². The molecule has 0 spiro atoms. The second-order valence-corrected chi connectivity index (χ2v) is 7.74. The summed E-state index contributed by atoms with van der Waals surface area (Å²) >= 11 is 0. The zero-order valence-electron chi connectivity index (χ0n) is 16.3. The third kappa shape index (κ3) is 4.86. The maximum absolute atomic E-state index is 13.5. The van der Waals surface area contributed by atoms with Crippen molar-refractivity contribution in [2.24, 2.45) is 11.8 Å². The fourth-order valence-electron chi connectivity index (χ4n) is 3.87. The normalized spacial score (nSPS) is 22.0. The first kappa shape index (κ1) is 20.7. The molecular weight excluding hydrogens is 368 g/mol. The monoisotopic (exact) mass is 395 g/mol. The molecule has 2 amide bonds. The van der Waals surface area contributed by atoms with E-state index in [2.05, 4.69) is 24.1 Å². The first-order valence-corrected chi connectivity index (χ1v) is 9.71. The van der Waals surface area contributed by atoms with E-state index in [1.807, 2.05) is 0 Å². The Hall–Kier alpha value is -2.06. The molecule has 2 aliphatic heterocycles. The maximum atomic E-state index is 13.5. The lowest BCUT2D eigenvalue weighted by Crippen LogP contribution is -2.51. The predicted molar refractivity (Wildman–Crippen MR) is 101 cm³/mol. The molecule has 154 valence electrons. The molecule has 2 heterocycles. The Morgan fingerprint density at radius 1 is 1.21 bits per heavy atom. The summed E-state index contributed by atoms with van der Waals surface area (Å²) in [4.78, 5) is 28.5. The highest BCUT2D eigenvalue weighted by Gasteiger charge is 2.36. The number of carbonyl (C=O) groups excluding carboxylic acids is 2. The van der Waals surface area contributed by atoms with Gasteiger partial charge < -0.3 is 15.0 Å². The van der Waals surface area contributed by atoms with Gasteiger partial charge in [-0.05, 0) is 18.1 Å². The topological polar surface area (TPSA) is 61.9 Å². The van der Waals surface area contributed by atoms with Gasteiger partial charge in [0.05, 0.1) is 19.1 Å². The van der Waals surface area contributed by atoms with Crippen molar-refractivity contribution in [3.8, 4) is 0 Å². The van der Waals surface area contributed by atoms with Gasteiger partial charge in [0.2, 0.25) is 11.8 Å². The van der Waals surface area contributed by atoms with Crippen molar-refractivity contribution in [2.45, 2.75) is 26.3 Å². The minimum absolute atomic E-state index is 0.0356. The molecular formula is C20H27F2N3O3. The molecule has 8 heteroatoms. The van der Waals surface area contributed by atoms with Crippen LogP contribution in [0.25, 0.3) is 0 Å². The van der Waals surface area contributed by atoms with Gasteiger partial charge in [-0.2, -0.15) is 0 Å². The molecule has 0 saturated carbocycles. The zero-order valence-corrected chi connectivity index (χ0v) is 16.3. The number of amides is 2. The van der Waals surface area contributed by atoms with E-state index in [0.29, 0.717) is 25.7 Å². The molecule has 2 fully saturated rings. The van der Waals surface area contributed by atoms with Crippen molar-refractivity contribution in [3.63, 3.8) is 0 Å². The highest BCUT2D eigenvalue weighted by Crippen LogP contribution is 2.26. The Morgan fingerprint density at radius 3 is 2.46 bits per heavy atom. The first-order valence-electron chi connectivity index (χ1n) is 9.71. The number of carbonyl (C=O) groups is 2. The summed E-state index contributed by atoms with van der Waals surface area (Å²) in [6.45, 7) is 7.89. The minimum atomic E-state index is -0.749. The van der Waals surface area contributed by atoms with E-state index in [1.54, 1.807) is 0 Å². The molecule has 1 N–H and O–H groups in total. The highest BCUT2D eigenvalue weighted by atomic mass is 19.1. The van der Waals surface area contributed by atoms with Crippen molar-refractivity contribution in [1.82, 2.24) is 10.2 Å². The van der Waals surface area contributed by atoms with E-state index in [1.165, 1.54) is 4.90 Å². The number of benzene rings is 1. The predicted octanol–water partition coefficient (Wildman–Crippen LogP) is 1.79. The number of halogens is 2. The Bertz CT molecular complexity index is 702. The standard InChI is InChI=1S/C20H27F2N3O3/c1-13(2)18(24-3-5-28-6-4-24)11-23-20(27)14-7-19(26)25(12-14)17-9-15(21)8-16(22)10-17/h8-10,13-14,18H,3-7,11-12H2,1-2H3,(H,23,27). The molecule has 2 saturated heterocycles. The van der Waals surface area contributed by atoms with Crippen LogP contribution in [0.1, 0.15) is 20.3 Å². The van der Waals surface area contributed by atoms with Crippen molar-refractivity contribution in [1.29, 1.82) is 0 Å². The molecule has 2 unspecified atom stereocenters. The van der Waals surface area contributed by atoms with Crippen LogP contribution < -0.4 is 10.2 Å². The lowest BCUT2D eigenvalue weighted by molar-refractivity contribution is -0.126. The number of morpholine rings is 1. The Kier molecular flexibility index (Phi) is 6.61. The molecule has 28 heavy (non-hydrogen) atoms. The molecule has 1 aromatic carbocycles. The van der Waals surface area contributed by atoms with Crippen LogP contribution in [0, 0.1) is 23.5 Å². The largest absolute Gasteiger partial charge is 0.379 e. The number of nitrogens with one attached hydrogen (secondary N) is 1. The van der Waals surface area contributed by atoms with Gasteiger partial charge in [-0.1, -0.05) is 13.8 Å². The smallest absolute Gasteiger partial charge is 0.227 e. The second kappa shape index (κ2) is 8.96. The SMILES string of the molecule is CC(C)C(CNC(=O)C1CC(=O)N(c2cc(F)cc(F)c2)C1)N1CCOCC1. The lowest BCUT2D eigenvalue weighted by atomic mass is 10.0. The number of nitrogens with zero attached hydrogens (tertiary/aromatic N) is 2. The van der Waals surface area contributed by atoms with Crippen LogP contribution in [0.15, 0.2) is 18.2 Å². The molecule has 0 aromatic heterocycles. The van der Waals surface area contributed by atoms with Gasteiger partial charge >= 0.3 is 0 Å². The average Bonchev–Trinajstić information content (AvgIpc) is 3.03. The van der Waals surface area contributed by atoms with Crippen LogP contribution in [0.3, 0.4) is 0 Å². The average molecular weight is 395 g/mol. The van der Waals surface area contributed by atoms with Crippen molar-refractivity contribution >= 4 is 17.5 Å². The summed E-state index contributed by atoms with van der Waals surface area (Å²) < 4.78 is 32.3. The first-order chi connectivity index (χ1) is 13.3. The van der Waals surface area contributed by atoms with E-state index in [4.69, 9.17) is 4.74 Å². The zero-order chi connectivity index (χ0) is 20.3. The Balaban J connectivity index is 1.59. The summed E-state index contributed by atoms with van der Waals surface area (Å²) in [5.74, 6) is -2.18. The Morgan fingerprint density at radius 2 is 1.86 bits per heavy atom. The number of rotatable bonds is 6. The summed E-state index contributed by atoms with van der Waals surface area (Å²) in [6.07, 6.45) is 0.0356. The minimum Gasteiger partial charge on any atom is -0.379 e. The van der Waals surface area contributed by atoms with Crippen molar-refractivity contribution in [3.05, 3.63) is 29.8 Å². The van der Waals surface area contributed by atoms with Crippen LogP contribution in [-0.4, -0.2) is 62.1 Å². The fraction of sp³-hybridized carbons (Fsp3) is 0.600. The van der Waals surface area contributed by atoms with Crippen molar-refractivity contribution < 1.29 is 23.1 Å². The van der Waals surface area contributed by atoms with E-state index in [9.17, 15) is 18.4 Å². The van der Waals surface area contributed by atoms with Gasteiger partial charge in [0.25, 0.3) is 0 Å². The fourth-order valence-corrected chi connectivity index (χ4v) is 3.87. The van der Waals surface area contributed by atoms with Crippen molar-refractivity contribution in [2.75, 3.05) is 44.3 Å². The molecule has 3 rings (SSSR count). The quantitative estimate of drug-likeness (QED) is 0.798. The van der Waals surface area contributed by atoms with Gasteiger partial charge in [0.1, 0.15) is 11.6 Å². The molecule has 2 atom stereocenters. The number of hydrogen-bond acceptors (Lipinski definition) is 4. The van der Waals surface area contributed by atoms with Crippen LogP contribution >= 0.6 is 0 Å². The molecule has 0 radical (unpaired) electrons. The summed E-state index contributed by atoms with van der Waals surface area (Å²) in [5.41, 5.74) is 0.145. The molecule has 0 bridgehead atoms. The van der Waals surface area contributed by atoms with Gasteiger partial charge in [-0.3, -0.25) is 14.5 Å². The van der Waals surface area contributed by atoms with Crippen LogP contribution in [0.4, 0.5) is 14.5 Å². The molecule has 6 nitrogen and oxygen atoms in total. The third-order valence-corrected chi connectivity index (χ3v) is 5.42. The molecule has 0 aliphatic carbocycles. The maximum Gasteiger partial charge on any atom is 0.227 e. The summed E-state index contributed by atoms with van der Waals surface area (Å²) in [6, 6.07) is 3.16. The Labute approximate surface area is 163 Å². The van der Waals surface area contributed by atoms with Gasteiger partial charge in [0.15, 0.2) is 0 Å². The van der Waals surface area contributed by atoms with Gasteiger partial charge in [-0.15, -0.1) is 0 Å². The van der Waals surface area contributed by atoms with E-state index < -0.39 is 17.6 Å². The molecule has 1 aromatic rings. The summed E-state index contributed by atoms with van der Waals surface area (Å²) in [7, 11) is 0. The number of anilines is 1. The van der Waals surface area contributed by atoms with Crippen LogP contribution in [0.5, 0.6) is 0 Å². The third-order valence-electron chi connectivity index (χ3n) is 5.42. The lowest BCUT2D eigenvalue weighted by Gasteiger charge is -2.37. The van der Waals surface area contributed by atoms with Crippen LogP contribution in [-0.2, 0) is 14.3 Å². The van der Waals surface area contributed by atoms with Gasteiger partial charge in [0, 0.05) is 50.4 Å². The van der Waals surface area contributed by atoms with E-state index >= 15 is 0 Å². The number of hydrogen-bond donors (Lipinski definition) is 1. The van der Waals surface area contributed by atoms with Crippen LogP contribution in [0.2, 0.25) is 0 Å². The second-order valence-electron chi connectivity index (χ2n) is 7.74. The number of ether oxygens (including phenoxy) is 1. The highest BCUT2D eigenvalue weighted by molar-refractivity contribution is 6.00. The van der Waals surface area contributed by atoms with Gasteiger partial charge in [-0.25, -0.2) is 8.78 Å². The summed E-state index contributed by atoms with van der Waals surface area (Å²) in [5, 5.41) is 2.97. The van der Waals surface area contributed by atoms with E-state index in [-0.39, 0.29) is 36.5 Å². The molecule has 2 aliphatic rings.